The minimum atomic E-state index is -1.18. The Morgan fingerprint density at radius 3 is 2.46 bits per heavy atom. The zero-order valence-electron chi connectivity index (χ0n) is 14.9. The first-order valence-corrected chi connectivity index (χ1v) is 8.67. The van der Waals surface area contributed by atoms with Crippen LogP contribution in [0.15, 0.2) is 29.2 Å². The molecular weight excluding hydrogens is 362 g/mol. The summed E-state index contributed by atoms with van der Waals surface area (Å²) in [6, 6.07) is 5.29. The molecule has 1 aromatic carbocycles. The molecule has 0 fully saturated rings. The molecule has 0 radical (unpaired) electrons. The van der Waals surface area contributed by atoms with E-state index in [4.69, 9.17) is 4.74 Å². The summed E-state index contributed by atoms with van der Waals surface area (Å²) in [5.74, 6) is -1.71. The van der Waals surface area contributed by atoms with Crippen LogP contribution in [0, 0.1) is 10.1 Å². The van der Waals surface area contributed by atoms with Gasteiger partial charge in [-0.15, -0.1) is 11.8 Å². The quantitative estimate of drug-likeness (QED) is 0.334. The number of carbonyl (C=O) groups is 3. The summed E-state index contributed by atoms with van der Waals surface area (Å²) in [7, 11) is 0. The number of thioether (sulfide) groups is 1. The molecule has 0 saturated heterocycles. The van der Waals surface area contributed by atoms with Crippen molar-refractivity contribution in [1.29, 1.82) is 0 Å². The number of rotatable bonds is 6. The highest BCUT2D eigenvalue weighted by molar-refractivity contribution is 8.00. The van der Waals surface area contributed by atoms with Crippen LogP contribution in [0.25, 0.3) is 0 Å². The molecule has 2 N–H and O–H groups in total. The number of esters is 1. The van der Waals surface area contributed by atoms with Gasteiger partial charge in [-0.2, -0.15) is 0 Å². The van der Waals surface area contributed by atoms with Gasteiger partial charge in [0.25, 0.3) is 11.6 Å². The van der Waals surface area contributed by atoms with Gasteiger partial charge in [-0.3, -0.25) is 25.0 Å². The van der Waals surface area contributed by atoms with Gasteiger partial charge in [0, 0.05) is 11.6 Å². The van der Waals surface area contributed by atoms with E-state index < -0.39 is 34.5 Å². The lowest BCUT2D eigenvalue weighted by molar-refractivity contribution is -0.387. The lowest BCUT2D eigenvalue weighted by Gasteiger charge is -2.21. The van der Waals surface area contributed by atoms with Crippen LogP contribution in [0.5, 0.6) is 0 Å². The summed E-state index contributed by atoms with van der Waals surface area (Å²) >= 11 is 0.932. The Morgan fingerprint density at radius 1 is 1.27 bits per heavy atom. The van der Waals surface area contributed by atoms with Crippen LogP contribution in [-0.2, 0) is 14.3 Å². The maximum atomic E-state index is 11.8. The van der Waals surface area contributed by atoms with Crippen molar-refractivity contribution in [3.05, 3.63) is 34.4 Å². The number of nitro benzene ring substituents is 1. The number of carbonyl (C=O) groups excluding carboxylic acids is 3. The lowest BCUT2D eigenvalue weighted by atomic mass is 10.1. The molecule has 1 rings (SSSR count). The van der Waals surface area contributed by atoms with E-state index >= 15 is 0 Å². The number of nitrogens with one attached hydrogen (secondary N) is 2. The summed E-state index contributed by atoms with van der Waals surface area (Å²) < 4.78 is 4.94. The molecule has 0 spiro atoms. The van der Waals surface area contributed by atoms with Crippen molar-refractivity contribution in [3.63, 3.8) is 0 Å². The molecule has 0 heterocycles. The van der Waals surface area contributed by atoms with Crippen molar-refractivity contribution >= 4 is 35.4 Å². The number of nitro groups is 1. The van der Waals surface area contributed by atoms with E-state index in [0.717, 1.165) is 11.8 Å². The van der Waals surface area contributed by atoms with Gasteiger partial charge in [0.15, 0.2) is 6.10 Å². The summed E-state index contributed by atoms with van der Waals surface area (Å²) in [5.41, 5.74) is -0.638. The number of nitrogens with zero attached hydrogens (tertiary/aromatic N) is 1. The third kappa shape index (κ3) is 7.51. The molecule has 0 aliphatic heterocycles. The van der Waals surface area contributed by atoms with Gasteiger partial charge in [-0.05, 0) is 33.8 Å². The molecule has 1 atom stereocenters. The minimum absolute atomic E-state index is 0.116. The number of amides is 3. The summed E-state index contributed by atoms with van der Waals surface area (Å²) in [5, 5.41) is 15.5. The van der Waals surface area contributed by atoms with Gasteiger partial charge in [0.2, 0.25) is 0 Å². The summed E-state index contributed by atoms with van der Waals surface area (Å²) in [6.45, 7) is 6.58. The molecule has 10 heteroatoms. The molecule has 142 valence electrons. The second-order valence-corrected chi connectivity index (χ2v) is 7.36. The lowest BCUT2D eigenvalue weighted by Crippen LogP contribution is -2.50. The van der Waals surface area contributed by atoms with Gasteiger partial charge in [0.05, 0.1) is 15.6 Å². The highest BCUT2D eigenvalue weighted by Crippen LogP contribution is 2.28. The van der Waals surface area contributed by atoms with E-state index in [1.165, 1.54) is 25.1 Å². The van der Waals surface area contributed by atoms with Gasteiger partial charge >= 0.3 is 12.0 Å². The fourth-order valence-corrected chi connectivity index (χ4v) is 2.54. The third-order valence-electron chi connectivity index (χ3n) is 2.81. The molecule has 0 saturated carbocycles. The highest BCUT2D eigenvalue weighted by Gasteiger charge is 2.22. The summed E-state index contributed by atoms with van der Waals surface area (Å²) in [4.78, 5) is 46.0. The first-order chi connectivity index (χ1) is 12.0. The van der Waals surface area contributed by atoms with Gasteiger partial charge in [-0.25, -0.2) is 4.79 Å². The fourth-order valence-electron chi connectivity index (χ4n) is 1.74. The number of para-hydroxylation sites is 1. The van der Waals surface area contributed by atoms with Crippen molar-refractivity contribution in [1.82, 2.24) is 10.6 Å². The van der Waals surface area contributed by atoms with Crippen molar-refractivity contribution in [2.45, 2.75) is 44.2 Å². The second kappa shape index (κ2) is 9.18. The number of benzene rings is 1. The number of ether oxygens (including phenoxy) is 1. The second-order valence-electron chi connectivity index (χ2n) is 6.34. The largest absolute Gasteiger partial charge is 0.452 e. The monoisotopic (exact) mass is 383 g/mol. The van der Waals surface area contributed by atoms with Crippen LogP contribution >= 0.6 is 11.8 Å². The standard InChI is InChI=1S/C16H21N3O6S/c1-10(14(21)17-15(22)18-16(2,3)4)25-13(20)9-26-12-8-6-5-7-11(12)19(23)24/h5-8,10H,9H2,1-4H3,(H2,17,18,21,22)/t10-/m1/s1. The maximum absolute atomic E-state index is 11.8. The van der Waals surface area contributed by atoms with Crippen LogP contribution in [0.3, 0.4) is 0 Å². The molecule has 0 unspecified atom stereocenters. The molecule has 1 aromatic rings. The third-order valence-corrected chi connectivity index (χ3v) is 3.85. The van der Waals surface area contributed by atoms with Gasteiger partial charge in [0.1, 0.15) is 0 Å². The van der Waals surface area contributed by atoms with Crippen LogP contribution < -0.4 is 10.6 Å². The van der Waals surface area contributed by atoms with Crippen LogP contribution in [0.4, 0.5) is 10.5 Å². The average Bonchev–Trinajstić information content (AvgIpc) is 2.51. The smallest absolute Gasteiger partial charge is 0.321 e. The summed E-state index contributed by atoms with van der Waals surface area (Å²) in [6.07, 6.45) is -1.18. The Morgan fingerprint density at radius 2 is 1.88 bits per heavy atom. The van der Waals surface area contributed by atoms with Gasteiger partial charge in [-0.1, -0.05) is 12.1 Å². The topological polar surface area (TPSA) is 128 Å². The number of urea groups is 1. The Bertz CT molecular complexity index is 701. The molecule has 0 bridgehead atoms. The Kier molecular flexibility index (Phi) is 7.56. The van der Waals surface area contributed by atoms with E-state index in [2.05, 4.69) is 10.6 Å². The Balaban J connectivity index is 2.51. The Hall–Kier alpha value is -2.62. The van der Waals surface area contributed by atoms with Crippen LogP contribution in [0.1, 0.15) is 27.7 Å². The average molecular weight is 383 g/mol. The van der Waals surface area contributed by atoms with E-state index in [-0.39, 0.29) is 11.4 Å². The van der Waals surface area contributed by atoms with Crippen LogP contribution in [-0.4, -0.2) is 40.2 Å². The maximum Gasteiger partial charge on any atom is 0.321 e. The van der Waals surface area contributed by atoms with Gasteiger partial charge < -0.3 is 10.1 Å². The van der Waals surface area contributed by atoms with E-state index in [9.17, 15) is 24.5 Å². The molecule has 0 aliphatic carbocycles. The molecule has 9 nitrogen and oxygen atoms in total. The number of hydrogen-bond acceptors (Lipinski definition) is 7. The van der Waals surface area contributed by atoms with E-state index in [1.54, 1.807) is 26.8 Å². The molecule has 0 aromatic heterocycles. The first-order valence-electron chi connectivity index (χ1n) is 7.68. The van der Waals surface area contributed by atoms with E-state index in [1.807, 2.05) is 0 Å². The Labute approximate surface area is 155 Å². The SMILES string of the molecule is C[C@@H](OC(=O)CSc1ccccc1[N+](=O)[O-])C(=O)NC(=O)NC(C)(C)C. The normalized spacial score (nSPS) is 12.0. The molecule has 3 amide bonds. The van der Waals surface area contributed by atoms with Crippen molar-refractivity contribution in [2.75, 3.05) is 5.75 Å². The molecule has 0 aliphatic rings. The highest BCUT2D eigenvalue weighted by atomic mass is 32.2. The first kappa shape index (κ1) is 21.4. The van der Waals surface area contributed by atoms with Crippen LogP contribution in [0.2, 0.25) is 0 Å². The molecule has 26 heavy (non-hydrogen) atoms. The predicted molar refractivity (Wildman–Crippen MR) is 95.8 cm³/mol. The van der Waals surface area contributed by atoms with Crippen molar-refractivity contribution in [2.24, 2.45) is 0 Å². The van der Waals surface area contributed by atoms with E-state index in [0.29, 0.717) is 4.90 Å². The minimum Gasteiger partial charge on any atom is -0.452 e. The zero-order chi connectivity index (χ0) is 19.9. The molecular formula is C16H21N3O6S. The van der Waals surface area contributed by atoms with Crippen molar-refractivity contribution in [3.8, 4) is 0 Å². The predicted octanol–water partition coefficient (Wildman–Crippen LogP) is 2.24. The van der Waals surface area contributed by atoms with Crippen molar-refractivity contribution < 1.29 is 24.0 Å². The fraction of sp³-hybridized carbons (Fsp3) is 0.438. The zero-order valence-corrected chi connectivity index (χ0v) is 15.7. The number of imide groups is 1. The number of hydrogen-bond donors (Lipinski definition) is 2.